The Labute approximate surface area is 90.0 Å². The summed E-state index contributed by atoms with van der Waals surface area (Å²) in [6, 6.07) is -0.446. The lowest BCUT2D eigenvalue weighted by Gasteiger charge is -2.15. The molecule has 1 aliphatic rings. The van der Waals surface area contributed by atoms with Gasteiger partial charge in [0.1, 0.15) is 6.04 Å². The van der Waals surface area contributed by atoms with Crippen LogP contribution in [0.4, 0.5) is 0 Å². The Morgan fingerprint density at radius 3 is 2.80 bits per heavy atom. The van der Waals surface area contributed by atoms with E-state index in [0.717, 1.165) is 13.0 Å². The van der Waals surface area contributed by atoms with Gasteiger partial charge in [0.2, 0.25) is 11.8 Å². The van der Waals surface area contributed by atoms with E-state index in [0.29, 0.717) is 13.1 Å². The molecule has 1 rings (SSSR count). The molecular weight excluding hydrogens is 194 g/mol. The van der Waals surface area contributed by atoms with Crippen LogP contribution in [0.1, 0.15) is 20.3 Å². The second-order valence-electron chi connectivity index (χ2n) is 3.81. The minimum Gasteiger partial charge on any atom is -0.355 e. The normalized spacial score (nSPS) is 22.1. The summed E-state index contributed by atoms with van der Waals surface area (Å²) in [5, 5.41) is 8.51. The second-order valence-corrected chi connectivity index (χ2v) is 3.81. The highest BCUT2D eigenvalue weighted by Gasteiger charge is 2.24. The third-order valence-electron chi connectivity index (χ3n) is 2.53. The standard InChI is InChI=1S/C10H19N3O2/c1-3-12-9(14)7(2)13-10(15)8-4-5-11-6-8/h7-8,11H,3-6H2,1-2H3,(H,12,14)(H,13,15)/t7?,8-/m1/s1. The highest BCUT2D eigenvalue weighted by molar-refractivity contribution is 5.88. The number of hydrogen-bond acceptors (Lipinski definition) is 3. The van der Waals surface area contributed by atoms with E-state index in [2.05, 4.69) is 16.0 Å². The smallest absolute Gasteiger partial charge is 0.242 e. The van der Waals surface area contributed by atoms with Crippen molar-refractivity contribution in [1.82, 2.24) is 16.0 Å². The van der Waals surface area contributed by atoms with Crippen LogP contribution in [0.25, 0.3) is 0 Å². The lowest BCUT2D eigenvalue weighted by atomic mass is 10.1. The maximum atomic E-state index is 11.6. The molecule has 0 aromatic heterocycles. The molecule has 1 fully saturated rings. The molecule has 0 aromatic rings. The van der Waals surface area contributed by atoms with Crippen molar-refractivity contribution in [2.75, 3.05) is 19.6 Å². The topological polar surface area (TPSA) is 70.2 Å². The summed E-state index contributed by atoms with van der Waals surface area (Å²) in [6.07, 6.45) is 0.855. The zero-order chi connectivity index (χ0) is 11.3. The molecule has 0 bridgehead atoms. The van der Waals surface area contributed by atoms with Crippen molar-refractivity contribution in [3.05, 3.63) is 0 Å². The van der Waals surface area contributed by atoms with Gasteiger partial charge in [-0.05, 0) is 26.8 Å². The molecule has 1 aliphatic heterocycles. The molecule has 0 radical (unpaired) electrons. The van der Waals surface area contributed by atoms with Crippen LogP contribution in [0.2, 0.25) is 0 Å². The zero-order valence-electron chi connectivity index (χ0n) is 9.30. The average Bonchev–Trinajstić information content (AvgIpc) is 2.70. The van der Waals surface area contributed by atoms with Crippen LogP contribution in [-0.2, 0) is 9.59 Å². The minimum atomic E-state index is -0.446. The monoisotopic (exact) mass is 213 g/mol. The van der Waals surface area contributed by atoms with Crippen molar-refractivity contribution in [2.24, 2.45) is 5.92 Å². The Morgan fingerprint density at radius 1 is 1.53 bits per heavy atom. The lowest BCUT2D eigenvalue weighted by molar-refractivity contribution is -0.130. The Kier molecular flexibility index (Phi) is 4.55. The Morgan fingerprint density at radius 2 is 2.27 bits per heavy atom. The first kappa shape index (κ1) is 12.0. The van der Waals surface area contributed by atoms with E-state index in [1.807, 2.05) is 6.92 Å². The molecule has 0 aliphatic carbocycles. The van der Waals surface area contributed by atoms with Crippen LogP contribution in [-0.4, -0.2) is 37.5 Å². The number of rotatable bonds is 4. The van der Waals surface area contributed by atoms with Gasteiger partial charge in [0.05, 0.1) is 5.92 Å². The number of amides is 2. The zero-order valence-corrected chi connectivity index (χ0v) is 9.30. The van der Waals surface area contributed by atoms with E-state index < -0.39 is 6.04 Å². The van der Waals surface area contributed by atoms with Gasteiger partial charge in [0.25, 0.3) is 0 Å². The molecular formula is C10H19N3O2. The highest BCUT2D eigenvalue weighted by atomic mass is 16.2. The van der Waals surface area contributed by atoms with Gasteiger partial charge in [-0.15, -0.1) is 0 Å². The lowest BCUT2D eigenvalue weighted by Crippen LogP contribution is -2.47. The molecule has 5 nitrogen and oxygen atoms in total. The fraction of sp³-hybridized carbons (Fsp3) is 0.800. The van der Waals surface area contributed by atoms with Crippen LogP contribution in [0.5, 0.6) is 0 Å². The van der Waals surface area contributed by atoms with Crippen molar-refractivity contribution >= 4 is 11.8 Å². The van der Waals surface area contributed by atoms with Gasteiger partial charge >= 0.3 is 0 Å². The summed E-state index contributed by atoms with van der Waals surface area (Å²) in [5.74, 6) is -0.141. The number of likely N-dealkylation sites (N-methyl/N-ethyl adjacent to an activating group) is 1. The molecule has 3 N–H and O–H groups in total. The molecule has 1 unspecified atom stereocenters. The SMILES string of the molecule is CCNC(=O)C(C)NC(=O)[C@@H]1CCNC1. The van der Waals surface area contributed by atoms with Crippen molar-refractivity contribution < 1.29 is 9.59 Å². The molecule has 2 amide bonds. The van der Waals surface area contributed by atoms with Gasteiger partial charge in [-0.3, -0.25) is 9.59 Å². The summed E-state index contributed by atoms with van der Waals surface area (Å²) in [5.41, 5.74) is 0. The first-order valence-corrected chi connectivity index (χ1v) is 5.44. The third kappa shape index (κ3) is 3.51. The predicted octanol–water partition coefficient (Wildman–Crippen LogP) is -0.763. The van der Waals surface area contributed by atoms with Crippen molar-refractivity contribution in [3.63, 3.8) is 0 Å². The van der Waals surface area contributed by atoms with E-state index in [4.69, 9.17) is 0 Å². The molecule has 0 saturated carbocycles. The molecule has 1 heterocycles. The molecule has 0 spiro atoms. The van der Waals surface area contributed by atoms with E-state index in [-0.39, 0.29) is 17.7 Å². The van der Waals surface area contributed by atoms with E-state index in [1.165, 1.54) is 0 Å². The van der Waals surface area contributed by atoms with Crippen LogP contribution >= 0.6 is 0 Å². The molecule has 5 heteroatoms. The molecule has 15 heavy (non-hydrogen) atoms. The van der Waals surface area contributed by atoms with Gasteiger partial charge in [0.15, 0.2) is 0 Å². The number of hydrogen-bond donors (Lipinski definition) is 3. The fourth-order valence-electron chi connectivity index (χ4n) is 1.60. The molecule has 0 aromatic carbocycles. The van der Waals surface area contributed by atoms with Gasteiger partial charge in [-0.1, -0.05) is 0 Å². The summed E-state index contributed by atoms with van der Waals surface area (Å²) >= 11 is 0. The highest BCUT2D eigenvalue weighted by Crippen LogP contribution is 2.07. The Hall–Kier alpha value is -1.10. The van der Waals surface area contributed by atoms with E-state index in [1.54, 1.807) is 6.92 Å². The number of carbonyl (C=O) groups is 2. The number of carbonyl (C=O) groups excluding carboxylic acids is 2. The molecule has 86 valence electrons. The quantitative estimate of drug-likeness (QED) is 0.575. The van der Waals surface area contributed by atoms with Crippen molar-refractivity contribution in [3.8, 4) is 0 Å². The van der Waals surface area contributed by atoms with Crippen LogP contribution < -0.4 is 16.0 Å². The summed E-state index contributed by atoms with van der Waals surface area (Å²) < 4.78 is 0. The van der Waals surface area contributed by atoms with Gasteiger partial charge in [-0.25, -0.2) is 0 Å². The summed E-state index contributed by atoms with van der Waals surface area (Å²) in [6.45, 7) is 5.74. The summed E-state index contributed by atoms with van der Waals surface area (Å²) in [4.78, 5) is 23.0. The van der Waals surface area contributed by atoms with Gasteiger partial charge < -0.3 is 16.0 Å². The van der Waals surface area contributed by atoms with E-state index >= 15 is 0 Å². The molecule has 1 saturated heterocycles. The van der Waals surface area contributed by atoms with Gasteiger partial charge in [0, 0.05) is 13.1 Å². The Balaban J connectivity index is 2.33. The van der Waals surface area contributed by atoms with Crippen molar-refractivity contribution in [2.45, 2.75) is 26.3 Å². The Bertz CT molecular complexity index is 237. The summed E-state index contributed by atoms with van der Waals surface area (Å²) in [7, 11) is 0. The van der Waals surface area contributed by atoms with E-state index in [9.17, 15) is 9.59 Å². The maximum Gasteiger partial charge on any atom is 0.242 e. The minimum absolute atomic E-state index is 0.0156. The average molecular weight is 213 g/mol. The van der Waals surface area contributed by atoms with Crippen LogP contribution in [0.15, 0.2) is 0 Å². The third-order valence-corrected chi connectivity index (χ3v) is 2.53. The van der Waals surface area contributed by atoms with Crippen LogP contribution in [0.3, 0.4) is 0 Å². The first-order chi connectivity index (χ1) is 7.15. The number of nitrogens with one attached hydrogen (secondary N) is 3. The van der Waals surface area contributed by atoms with Gasteiger partial charge in [-0.2, -0.15) is 0 Å². The second kappa shape index (κ2) is 5.70. The molecule has 2 atom stereocenters. The predicted molar refractivity (Wildman–Crippen MR) is 57.3 cm³/mol. The fourth-order valence-corrected chi connectivity index (χ4v) is 1.60. The largest absolute Gasteiger partial charge is 0.355 e. The van der Waals surface area contributed by atoms with Crippen molar-refractivity contribution in [1.29, 1.82) is 0 Å². The van der Waals surface area contributed by atoms with Crippen LogP contribution in [0, 0.1) is 5.92 Å². The maximum absolute atomic E-state index is 11.6. The first-order valence-electron chi connectivity index (χ1n) is 5.44.